The first-order valence-corrected chi connectivity index (χ1v) is 12.1. The first-order chi connectivity index (χ1) is 15.7. The summed E-state index contributed by atoms with van der Waals surface area (Å²) in [4.78, 5) is 0. The summed E-state index contributed by atoms with van der Waals surface area (Å²) in [6.45, 7) is 0. The van der Waals surface area contributed by atoms with Gasteiger partial charge in [0.25, 0.3) is 0 Å². The Hall–Kier alpha value is -2.54. The van der Waals surface area contributed by atoms with Gasteiger partial charge in [-0.15, -0.1) is 21.9 Å². The highest BCUT2D eigenvalue weighted by molar-refractivity contribution is 6.73. The molecule has 0 aliphatic carbocycles. The maximum absolute atomic E-state index is 2.35. The maximum atomic E-state index is 2.35. The van der Waals surface area contributed by atoms with E-state index in [1.54, 1.807) is 0 Å². The summed E-state index contributed by atoms with van der Waals surface area (Å²) >= 11 is 0. The summed E-state index contributed by atoms with van der Waals surface area (Å²) in [7, 11) is 20.8. The molecule has 0 saturated carbocycles. The molecule has 5 aromatic rings. The highest BCUT2D eigenvalue weighted by atomic mass is 14.2. The van der Waals surface area contributed by atoms with Crippen LogP contribution in [0.15, 0.2) is 42.5 Å². The van der Waals surface area contributed by atoms with Gasteiger partial charge in [0.2, 0.25) is 0 Å². The summed E-state index contributed by atoms with van der Waals surface area (Å²) < 4.78 is 0. The predicted octanol–water partition coefficient (Wildman–Crippen LogP) is -8.86. The topological polar surface area (TPSA) is 0 Å². The minimum absolute atomic E-state index is 1.30. The third kappa shape index (κ3) is 2.97. The molecule has 5 aromatic carbocycles. The van der Waals surface area contributed by atoms with Gasteiger partial charge in [0, 0.05) is 0 Å². The second kappa shape index (κ2) is 7.76. The summed E-state index contributed by atoms with van der Waals surface area (Å²) in [5.41, 5.74) is 15.5. The van der Waals surface area contributed by atoms with E-state index in [2.05, 4.69) is 113 Å². The van der Waals surface area contributed by atoms with E-state index in [4.69, 9.17) is 0 Å². The Balaban J connectivity index is 2.23. The van der Waals surface area contributed by atoms with Crippen LogP contribution in [-0.2, 0) is 0 Å². The lowest BCUT2D eigenvalue weighted by molar-refractivity contribution is 1.73. The van der Waals surface area contributed by atoms with Gasteiger partial charge in [-0.05, 0) is 43.4 Å². The van der Waals surface area contributed by atoms with Gasteiger partial charge in [0.1, 0.15) is 70.6 Å². The van der Waals surface area contributed by atoms with E-state index in [-0.39, 0.29) is 0 Å². The van der Waals surface area contributed by atoms with E-state index in [0.717, 1.165) is 0 Å². The Morgan fingerprint density at radius 2 is 0.788 bits per heavy atom. The van der Waals surface area contributed by atoms with Crippen molar-refractivity contribution < 1.29 is 0 Å². The van der Waals surface area contributed by atoms with E-state index in [1.165, 1.54) is 92.6 Å². The van der Waals surface area contributed by atoms with Crippen LogP contribution in [0.25, 0.3) is 43.4 Å². The Morgan fingerprint density at radius 1 is 0.364 bits per heavy atom. The summed E-state index contributed by atoms with van der Waals surface area (Å²) in [5.74, 6) is 0. The maximum Gasteiger partial charge on any atom is 0.140 e. The number of rotatable bonds is 1. The van der Waals surface area contributed by atoms with Crippen LogP contribution in [0.3, 0.4) is 0 Å². The average molecular weight is 411 g/mol. The molecule has 0 saturated heterocycles. The molecular weight excluding hydrogens is 386 g/mol. The van der Waals surface area contributed by atoms with Gasteiger partial charge in [-0.3, -0.25) is 0 Å². The number of hydrogen-bond donors (Lipinski definition) is 0. The molecule has 9 heteroatoms. The molecule has 5 rings (SSSR count). The smallest absolute Gasteiger partial charge is 0.101 e. The standard InChI is InChI=1S/C24H25B9/c25-16-14-12(17(26)21(30)23(32)19(14)28)11(10-7-3-5-8-4-1-2-6-9(8)10)13-15(16)20(29)24(33)22(31)18(13)27/h1-7H,25-33H2. The van der Waals surface area contributed by atoms with Crippen molar-refractivity contribution in [3.05, 3.63) is 42.5 Å². The van der Waals surface area contributed by atoms with Gasteiger partial charge in [0.05, 0.1) is 0 Å². The van der Waals surface area contributed by atoms with E-state index >= 15 is 0 Å². The molecule has 0 heterocycles. The molecule has 0 N–H and O–H groups in total. The molecule has 0 unspecified atom stereocenters. The third-order valence-electron chi connectivity index (χ3n) is 8.68. The fraction of sp³-hybridized carbons (Fsp3) is 0. The van der Waals surface area contributed by atoms with Crippen LogP contribution in [0.1, 0.15) is 0 Å². The molecule has 0 bridgehead atoms. The highest BCUT2D eigenvalue weighted by Crippen LogP contribution is 2.36. The van der Waals surface area contributed by atoms with E-state index < -0.39 is 0 Å². The van der Waals surface area contributed by atoms with Crippen molar-refractivity contribution in [3.63, 3.8) is 0 Å². The SMILES string of the molecule is Bc1c(B)c(B)c2c(-c3cccc4ccccc34)c3c(B)c(B)c(B)c(B)c3c(B)c2c1B. The Kier molecular flexibility index (Phi) is 5.24. The van der Waals surface area contributed by atoms with Crippen LogP contribution < -0.4 is 49.2 Å². The Labute approximate surface area is 205 Å². The zero-order valence-electron chi connectivity index (χ0n) is 21.5. The molecule has 0 aliphatic heterocycles. The van der Waals surface area contributed by atoms with Crippen LogP contribution in [0.5, 0.6) is 0 Å². The van der Waals surface area contributed by atoms with Gasteiger partial charge in [-0.1, -0.05) is 69.8 Å². The quantitative estimate of drug-likeness (QED) is 0.190. The lowest BCUT2D eigenvalue weighted by atomic mass is 9.58. The first-order valence-electron chi connectivity index (χ1n) is 12.1. The van der Waals surface area contributed by atoms with E-state index in [0.29, 0.717) is 0 Å². The zero-order chi connectivity index (χ0) is 23.8. The van der Waals surface area contributed by atoms with Crippen LogP contribution in [0.4, 0.5) is 0 Å². The average Bonchev–Trinajstić information content (AvgIpc) is 2.82. The van der Waals surface area contributed by atoms with Gasteiger partial charge >= 0.3 is 0 Å². The molecule has 0 aliphatic rings. The summed E-state index contributed by atoms with van der Waals surface area (Å²) in [6.07, 6.45) is 0. The third-order valence-corrected chi connectivity index (χ3v) is 8.68. The minimum atomic E-state index is 1.30. The molecule has 33 heavy (non-hydrogen) atoms. The van der Waals surface area contributed by atoms with Crippen LogP contribution in [0.2, 0.25) is 0 Å². The fourth-order valence-electron chi connectivity index (χ4n) is 6.15. The van der Waals surface area contributed by atoms with Crippen molar-refractivity contribution >= 4 is 152 Å². The lowest BCUT2D eigenvalue weighted by Gasteiger charge is -2.27. The lowest BCUT2D eigenvalue weighted by Crippen LogP contribution is -2.51. The molecular formula is C24H25B9. The molecule has 0 aromatic heterocycles. The van der Waals surface area contributed by atoms with Gasteiger partial charge in [-0.2, -0.15) is 0 Å². The van der Waals surface area contributed by atoms with Crippen molar-refractivity contribution in [1.82, 2.24) is 0 Å². The highest BCUT2D eigenvalue weighted by Gasteiger charge is 2.23. The Bertz CT molecular complexity index is 1570. The normalized spacial score (nSPS) is 11.5. The molecule has 0 atom stereocenters. The zero-order valence-corrected chi connectivity index (χ0v) is 21.5. The molecule has 0 amide bonds. The molecule has 148 valence electrons. The summed E-state index contributed by atoms with van der Waals surface area (Å²) in [5, 5.41) is 8.38. The predicted molar refractivity (Wildman–Crippen MR) is 178 cm³/mol. The van der Waals surface area contributed by atoms with Crippen LogP contribution >= 0.6 is 0 Å². The number of benzene rings is 5. The van der Waals surface area contributed by atoms with Crippen molar-refractivity contribution in [2.45, 2.75) is 0 Å². The van der Waals surface area contributed by atoms with E-state index in [9.17, 15) is 0 Å². The minimum Gasteiger partial charge on any atom is -0.101 e. The van der Waals surface area contributed by atoms with Gasteiger partial charge < -0.3 is 0 Å². The fourth-order valence-corrected chi connectivity index (χ4v) is 6.15. The number of fused-ring (bicyclic) bond motifs is 3. The monoisotopic (exact) mass is 412 g/mol. The molecule has 0 fully saturated rings. The molecule has 0 spiro atoms. The number of hydrogen-bond acceptors (Lipinski definition) is 0. The molecule has 0 radical (unpaired) electrons. The second-order valence-corrected chi connectivity index (χ2v) is 10.0. The first kappa shape index (κ1) is 22.3. The second-order valence-electron chi connectivity index (χ2n) is 10.0. The Morgan fingerprint density at radius 3 is 1.30 bits per heavy atom. The van der Waals surface area contributed by atoms with Crippen molar-refractivity contribution in [1.29, 1.82) is 0 Å². The van der Waals surface area contributed by atoms with Crippen molar-refractivity contribution in [3.8, 4) is 11.1 Å². The van der Waals surface area contributed by atoms with Crippen molar-refractivity contribution in [2.75, 3.05) is 0 Å². The van der Waals surface area contributed by atoms with Crippen LogP contribution in [0, 0.1) is 0 Å². The largest absolute Gasteiger partial charge is 0.140 e. The van der Waals surface area contributed by atoms with Crippen molar-refractivity contribution in [2.24, 2.45) is 0 Å². The van der Waals surface area contributed by atoms with Gasteiger partial charge in [0.15, 0.2) is 0 Å². The van der Waals surface area contributed by atoms with Crippen LogP contribution in [-0.4, -0.2) is 70.6 Å². The van der Waals surface area contributed by atoms with E-state index in [1.807, 2.05) is 0 Å². The summed E-state index contributed by atoms with van der Waals surface area (Å²) in [6, 6.07) is 15.6. The van der Waals surface area contributed by atoms with Gasteiger partial charge in [-0.25, -0.2) is 0 Å². The molecule has 0 nitrogen and oxygen atoms in total.